The second kappa shape index (κ2) is 6.93. The predicted octanol–water partition coefficient (Wildman–Crippen LogP) is 0.352. The Bertz CT molecular complexity index is 1060. The molecule has 0 aromatic heterocycles. The van der Waals surface area contributed by atoms with Crippen molar-refractivity contribution < 1.29 is 34.4 Å². The molecule has 2 rings (SSSR count). The fraction of sp³-hybridized carbons (Fsp3) is 0.462. The molecule has 0 amide bonds. The number of benzene rings is 1. The van der Waals surface area contributed by atoms with E-state index in [1.165, 1.54) is 0 Å². The molecular weight excluding hydrogens is 440 g/mol. The van der Waals surface area contributed by atoms with Crippen LogP contribution in [0.5, 0.6) is 0 Å². The van der Waals surface area contributed by atoms with Crippen LogP contribution in [-0.4, -0.2) is 56.5 Å². The van der Waals surface area contributed by atoms with Crippen LogP contribution in [0.1, 0.15) is 18.9 Å². The quantitative estimate of drug-likeness (QED) is 0.363. The van der Waals surface area contributed by atoms with Crippen molar-refractivity contribution >= 4 is 53.1 Å². The van der Waals surface area contributed by atoms with Crippen LogP contribution < -0.4 is 10.6 Å². The van der Waals surface area contributed by atoms with Gasteiger partial charge in [-0.25, -0.2) is 8.42 Å². The lowest BCUT2D eigenvalue weighted by molar-refractivity contribution is 0.473. The lowest BCUT2D eigenvalue weighted by Crippen LogP contribution is -2.48. The SMILES string of the molecule is Cc1c(S(=O)(=O)O)cc(NC(=S)NC2(C)CCS(=O)(=O)C2)cc1S(=O)(=O)O. The third-order valence-electron chi connectivity index (χ3n) is 4.04. The van der Waals surface area contributed by atoms with E-state index in [4.69, 9.17) is 12.2 Å². The molecule has 1 unspecified atom stereocenters. The second-order valence-electron chi connectivity index (χ2n) is 6.53. The summed E-state index contributed by atoms with van der Waals surface area (Å²) in [6.45, 7) is 2.75. The molecule has 0 spiro atoms. The van der Waals surface area contributed by atoms with Gasteiger partial charge in [0, 0.05) is 5.69 Å². The Labute approximate surface area is 162 Å². The minimum atomic E-state index is -4.78. The summed E-state index contributed by atoms with van der Waals surface area (Å²) in [4.78, 5) is -1.45. The molecule has 14 heteroatoms. The Balaban J connectivity index is 2.38. The summed E-state index contributed by atoms with van der Waals surface area (Å²) in [5.74, 6) is -0.161. The van der Waals surface area contributed by atoms with E-state index in [-0.39, 0.29) is 27.9 Å². The van der Waals surface area contributed by atoms with Crippen LogP contribution >= 0.6 is 12.2 Å². The van der Waals surface area contributed by atoms with Gasteiger partial charge < -0.3 is 10.6 Å². The van der Waals surface area contributed by atoms with Crippen LogP contribution in [0.15, 0.2) is 21.9 Å². The van der Waals surface area contributed by atoms with Crippen molar-refractivity contribution in [3.8, 4) is 0 Å². The molecule has 4 N–H and O–H groups in total. The molecule has 1 aliphatic heterocycles. The molecule has 0 bridgehead atoms. The third kappa shape index (κ3) is 5.36. The number of hydrogen-bond donors (Lipinski definition) is 4. The summed E-state index contributed by atoms with van der Waals surface area (Å²) in [6, 6.07) is 1.89. The summed E-state index contributed by atoms with van der Waals surface area (Å²) in [6.07, 6.45) is 0.303. The molecule has 10 nitrogen and oxygen atoms in total. The van der Waals surface area contributed by atoms with Gasteiger partial charge in [-0.15, -0.1) is 0 Å². The molecular formula is C13H18N2O8S4. The van der Waals surface area contributed by atoms with Crippen LogP contribution in [0.25, 0.3) is 0 Å². The number of anilines is 1. The molecule has 0 saturated carbocycles. The van der Waals surface area contributed by atoms with Crippen molar-refractivity contribution in [2.24, 2.45) is 0 Å². The summed E-state index contributed by atoms with van der Waals surface area (Å²) >= 11 is 5.08. The van der Waals surface area contributed by atoms with E-state index in [1.807, 2.05) is 0 Å². The molecule has 1 aromatic rings. The molecule has 1 atom stereocenters. The van der Waals surface area contributed by atoms with Gasteiger partial charge >= 0.3 is 0 Å². The second-order valence-corrected chi connectivity index (χ2v) is 11.9. The zero-order chi connectivity index (χ0) is 20.8. The van der Waals surface area contributed by atoms with Gasteiger partial charge in [0.25, 0.3) is 20.2 Å². The van der Waals surface area contributed by atoms with E-state index >= 15 is 0 Å². The summed E-state index contributed by atoms with van der Waals surface area (Å²) in [5, 5.41) is 5.27. The maximum Gasteiger partial charge on any atom is 0.294 e. The Morgan fingerprint density at radius 2 is 1.63 bits per heavy atom. The van der Waals surface area contributed by atoms with Crippen molar-refractivity contribution in [2.75, 3.05) is 16.8 Å². The van der Waals surface area contributed by atoms with Gasteiger partial charge in [-0.05, 0) is 50.2 Å². The Kier molecular flexibility index (Phi) is 5.64. The Morgan fingerprint density at radius 3 is 2.00 bits per heavy atom. The Hall–Kier alpha value is -1.32. The van der Waals surface area contributed by atoms with Gasteiger partial charge in [0.2, 0.25) is 0 Å². The number of nitrogens with one attached hydrogen (secondary N) is 2. The molecule has 0 radical (unpaired) electrons. The van der Waals surface area contributed by atoms with Gasteiger partial charge in [-0.3, -0.25) is 9.11 Å². The Morgan fingerprint density at radius 1 is 1.15 bits per heavy atom. The first kappa shape index (κ1) is 22.0. The highest BCUT2D eigenvalue weighted by Crippen LogP contribution is 2.28. The van der Waals surface area contributed by atoms with Crippen LogP contribution in [0.4, 0.5) is 5.69 Å². The van der Waals surface area contributed by atoms with Crippen LogP contribution in [-0.2, 0) is 30.1 Å². The lowest BCUT2D eigenvalue weighted by Gasteiger charge is -2.26. The van der Waals surface area contributed by atoms with Gasteiger partial charge in [0.1, 0.15) is 9.79 Å². The normalized spacial score (nSPS) is 22.4. The van der Waals surface area contributed by atoms with E-state index in [2.05, 4.69) is 10.6 Å². The van der Waals surface area contributed by atoms with E-state index in [0.717, 1.165) is 19.1 Å². The topological polar surface area (TPSA) is 167 Å². The van der Waals surface area contributed by atoms with Crippen LogP contribution in [0, 0.1) is 6.92 Å². The van der Waals surface area contributed by atoms with Gasteiger partial charge in [0.05, 0.1) is 17.0 Å². The molecule has 0 aliphatic carbocycles. The monoisotopic (exact) mass is 458 g/mol. The highest BCUT2D eigenvalue weighted by molar-refractivity contribution is 7.91. The number of hydrogen-bond acceptors (Lipinski definition) is 7. The molecule has 152 valence electrons. The number of rotatable bonds is 4. The van der Waals surface area contributed by atoms with Gasteiger partial charge in [0.15, 0.2) is 14.9 Å². The fourth-order valence-corrected chi connectivity index (χ4v) is 6.88. The summed E-state index contributed by atoms with van der Waals surface area (Å²) in [5.41, 5.74) is -1.34. The maximum atomic E-state index is 11.6. The first-order valence-electron chi connectivity index (χ1n) is 7.42. The van der Waals surface area contributed by atoms with Crippen molar-refractivity contribution in [1.82, 2.24) is 5.32 Å². The summed E-state index contributed by atoms with van der Waals surface area (Å²) in [7, 11) is -12.8. The van der Waals surface area contributed by atoms with Crippen LogP contribution in [0.2, 0.25) is 0 Å². The van der Waals surface area contributed by atoms with E-state index in [9.17, 15) is 34.4 Å². The minimum Gasteiger partial charge on any atom is -0.356 e. The van der Waals surface area contributed by atoms with Gasteiger partial charge in [-0.2, -0.15) is 16.8 Å². The largest absolute Gasteiger partial charge is 0.356 e. The molecule has 1 heterocycles. The molecule has 1 aliphatic rings. The molecule has 1 saturated heterocycles. The number of sulfone groups is 1. The first-order chi connectivity index (χ1) is 12.0. The van der Waals surface area contributed by atoms with Crippen molar-refractivity contribution in [1.29, 1.82) is 0 Å². The summed E-state index contributed by atoms with van der Waals surface area (Å²) < 4.78 is 87.9. The molecule has 1 fully saturated rings. The smallest absolute Gasteiger partial charge is 0.294 e. The molecule has 1 aromatic carbocycles. The average molecular weight is 459 g/mol. The van der Waals surface area contributed by atoms with Gasteiger partial charge in [-0.1, -0.05) is 0 Å². The fourth-order valence-electron chi connectivity index (χ4n) is 2.82. The third-order valence-corrected chi connectivity index (χ3v) is 8.11. The standard InChI is InChI=1S/C13H18N2O8S4/c1-8-10(26(18,19)20)5-9(6-11(8)27(21,22)23)14-12(24)15-13(2)3-4-25(16,17)7-13/h5-6H,3-4,7H2,1-2H3,(H2,14,15,24)(H,18,19,20)(H,21,22,23). The predicted molar refractivity (Wildman–Crippen MR) is 102 cm³/mol. The van der Waals surface area contributed by atoms with Crippen molar-refractivity contribution in [3.05, 3.63) is 17.7 Å². The lowest BCUT2D eigenvalue weighted by atomic mass is 10.0. The van der Waals surface area contributed by atoms with E-state index in [0.29, 0.717) is 6.42 Å². The minimum absolute atomic E-state index is 0.0105. The highest BCUT2D eigenvalue weighted by Gasteiger charge is 2.38. The number of thiocarbonyl (C=S) groups is 1. The average Bonchev–Trinajstić information content (AvgIpc) is 2.71. The van der Waals surface area contributed by atoms with Crippen molar-refractivity contribution in [2.45, 2.75) is 35.6 Å². The first-order valence-corrected chi connectivity index (χ1v) is 12.5. The zero-order valence-corrected chi connectivity index (χ0v) is 17.5. The molecule has 27 heavy (non-hydrogen) atoms. The zero-order valence-electron chi connectivity index (χ0n) is 14.3. The maximum absolute atomic E-state index is 11.6. The van der Waals surface area contributed by atoms with Crippen molar-refractivity contribution in [3.63, 3.8) is 0 Å². The van der Waals surface area contributed by atoms with Crippen LogP contribution in [0.3, 0.4) is 0 Å². The van der Waals surface area contributed by atoms with E-state index in [1.54, 1.807) is 6.92 Å². The van der Waals surface area contributed by atoms with E-state index < -0.39 is 45.4 Å². The highest BCUT2D eigenvalue weighted by atomic mass is 32.2.